The van der Waals surface area contributed by atoms with Gasteiger partial charge in [-0.25, -0.2) is 4.39 Å². The Kier molecular flexibility index (Phi) is 4.64. The zero-order chi connectivity index (χ0) is 16.4. The molecule has 0 N–H and O–H groups in total. The van der Waals surface area contributed by atoms with Gasteiger partial charge in [0.2, 0.25) is 0 Å². The molecule has 2 aromatic rings. The van der Waals surface area contributed by atoms with Gasteiger partial charge in [0, 0.05) is 30.2 Å². The van der Waals surface area contributed by atoms with Crippen LogP contribution in [0.1, 0.15) is 22.0 Å². The fraction of sp³-hybridized carbons (Fsp3) is 0.278. The first-order valence-electron chi connectivity index (χ1n) is 7.55. The van der Waals surface area contributed by atoms with Gasteiger partial charge >= 0.3 is 0 Å². The monoisotopic (exact) mass is 332 g/mol. The van der Waals surface area contributed by atoms with Crippen molar-refractivity contribution in [2.24, 2.45) is 0 Å². The van der Waals surface area contributed by atoms with Gasteiger partial charge in [-0.1, -0.05) is 23.7 Å². The first kappa shape index (κ1) is 16.0. The van der Waals surface area contributed by atoms with Crippen LogP contribution < -0.4 is 0 Å². The Balaban J connectivity index is 1.78. The fourth-order valence-corrected chi connectivity index (χ4v) is 3.00. The first-order chi connectivity index (χ1) is 11.0. The maximum atomic E-state index is 13.1. The number of amides is 1. The van der Waals surface area contributed by atoms with Gasteiger partial charge in [-0.2, -0.15) is 0 Å². The molecule has 0 aromatic heterocycles. The minimum atomic E-state index is -0.249. The quantitative estimate of drug-likeness (QED) is 0.838. The molecule has 1 unspecified atom stereocenters. The van der Waals surface area contributed by atoms with Crippen LogP contribution in [-0.2, 0) is 0 Å². The van der Waals surface area contributed by atoms with E-state index in [-0.39, 0.29) is 17.8 Å². The van der Waals surface area contributed by atoms with Gasteiger partial charge in [-0.3, -0.25) is 9.69 Å². The molecule has 1 aliphatic rings. The third-order valence-corrected chi connectivity index (χ3v) is 4.53. The van der Waals surface area contributed by atoms with Crippen molar-refractivity contribution >= 4 is 17.5 Å². The molecule has 0 aliphatic carbocycles. The number of benzene rings is 2. The number of nitrogens with zero attached hydrogens (tertiary/aromatic N) is 2. The SMILES string of the molecule is CN1CCN(C(=O)c2ccc(Cl)cc2)CC1c1ccc(F)cc1. The number of hydrogen-bond acceptors (Lipinski definition) is 2. The fourth-order valence-electron chi connectivity index (χ4n) is 2.88. The zero-order valence-electron chi connectivity index (χ0n) is 12.9. The number of carbonyl (C=O) groups is 1. The van der Waals surface area contributed by atoms with E-state index in [4.69, 9.17) is 11.6 Å². The van der Waals surface area contributed by atoms with Crippen LogP contribution in [0.15, 0.2) is 48.5 Å². The molecule has 3 nitrogen and oxygen atoms in total. The van der Waals surface area contributed by atoms with Crippen LogP contribution >= 0.6 is 11.6 Å². The van der Waals surface area contributed by atoms with E-state index >= 15 is 0 Å². The highest BCUT2D eigenvalue weighted by Crippen LogP contribution is 2.25. The standard InChI is InChI=1S/C18H18ClFN2O/c1-21-10-11-22(18(23)14-2-6-15(19)7-3-14)12-17(21)13-4-8-16(20)9-5-13/h2-9,17H,10-12H2,1H3. The van der Waals surface area contributed by atoms with Crippen LogP contribution in [-0.4, -0.2) is 42.4 Å². The lowest BCUT2D eigenvalue weighted by Gasteiger charge is -2.39. The maximum Gasteiger partial charge on any atom is 0.253 e. The summed E-state index contributed by atoms with van der Waals surface area (Å²) >= 11 is 5.88. The van der Waals surface area contributed by atoms with E-state index in [0.717, 1.165) is 12.1 Å². The van der Waals surface area contributed by atoms with Crippen molar-refractivity contribution in [3.8, 4) is 0 Å². The number of halogens is 2. The molecule has 2 aromatic carbocycles. The summed E-state index contributed by atoms with van der Waals surface area (Å²) < 4.78 is 13.1. The Morgan fingerprint density at radius 1 is 1.09 bits per heavy atom. The van der Waals surface area contributed by atoms with Gasteiger partial charge in [0.05, 0.1) is 6.04 Å². The normalized spacial score (nSPS) is 18.9. The summed E-state index contributed by atoms with van der Waals surface area (Å²) in [5.74, 6) is -0.247. The third kappa shape index (κ3) is 3.54. The topological polar surface area (TPSA) is 23.6 Å². The van der Waals surface area contributed by atoms with Gasteiger partial charge < -0.3 is 4.90 Å². The first-order valence-corrected chi connectivity index (χ1v) is 7.93. The van der Waals surface area contributed by atoms with Crippen molar-refractivity contribution in [1.29, 1.82) is 0 Å². The third-order valence-electron chi connectivity index (χ3n) is 4.28. The Morgan fingerprint density at radius 3 is 2.39 bits per heavy atom. The minimum Gasteiger partial charge on any atom is -0.335 e. The van der Waals surface area contributed by atoms with Crippen molar-refractivity contribution in [3.05, 3.63) is 70.5 Å². The number of likely N-dealkylation sites (N-methyl/N-ethyl adjacent to an activating group) is 1. The molecule has 1 heterocycles. The predicted octanol–water partition coefficient (Wildman–Crippen LogP) is 3.61. The van der Waals surface area contributed by atoms with Crippen LogP contribution in [0.4, 0.5) is 4.39 Å². The largest absolute Gasteiger partial charge is 0.335 e. The molecule has 1 saturated heterocycles. The second-order valence-corrected chi connectivity index (χ2v) is 6.24. The van der Waals surface area contributed by atoms with E-state index in [9.17, 15) is 9.18 Å². The molecular formula is C18H18ClFN2O. The van der Waals surface area contributed by atoms with Gasteiger partial charge in [0.25, 0.3) is 5.91 Å². The van der Waals surface area contributed by atoms with Crippen LogP contribution in [0, 0.1) is 5.82 Å². The predicted molar refractivity (Wildman–Crippen MR) is 89.1 cm³/mol. The summed E-state index contributed by atoms with van der Waals surface area (Å²) in [7, 11) is 2.03. The molecule has 1 atom stereocenters. The number of hydrogen-bond donors (Lipinski definition) is 0. The summed E-state index contributed by atoms with van der Waals surface area (Å²) in [4.78, 5) is 16.7. The average Bonchev–Trinajstić information content (AvgIpc) is 2.56. The van der Waals surface area contributed by atoms with Gasteiger partial charge in [0.15, 0.2) is 0 Å². The number of piperazine rings is 1. The highest BCUT2D eigenvalue weighted by atomic mass is 35.5. The Labute approximate surface area is 140 Å². The molecule has 0 spiro atoms. The van der Waals surface area contributed by atoms with Crippen molar-refractivity contribution in [2.75, 3.05) is 26.7 Å². The highest BCUT2D eigenvalue weighted by Gasteiger charge is 2.28. The van der Waals surface area contributed by atoms with E-state index < -0.39 is 0 Å². The summed E-state index contributed by atoms with van der Waals surface area (Å²) in [6.45, 7) is 2.04. The molecule has 0 bridgehead atoms. The van der Waals surface area contributed by atoms with Gasteiger partial charge in [-0.15, -0.1) is 0 Å². The van der Waals surface area contributed by atoms with Crippen molar-refractivity contribution in [3.63, 3.8) is 0 Å². The maximum absolute atomic E-state index is 13.1. The molecule has 1 aliphatic heterocycles. The molecule has 120 valence electrons. The minimum absolute atomic E-state index is 0.00174. The molecule has 0 radical (unpaired) electrons. The van der Waals surface area contributed by atoms with E-state index in [1.807, 2.05) is 11.9 Å². The molecule has 23 heavy (non-hydrogen) atoms. The lowest BCUT2D eigenvalue weighted by molar-refractivity contribution is 0.0546. The summed E-state index contributed by atoms with van der Waals surface area (Å²) in [6, 6.07) is 13.5. The Bertz CT molecular complexity index is 687. The van der Waals surface area contributed by atoms with Crippen LogP contribution in [0.25, 0.3) is 0 Å². The van der Waals surface area contributed by atoms with E-state index in [1.54, 1.807) is 36.4 Å². The van der Waals surface area contributed by atoms with Crippen molar-refractivity contribution < 1.29 is 9.18 Å². The van der Waals surface area contributed by atoms with Gasteiger partial charge in [0.1, 0.15) is 5.82 Å². The Morgan fingerprint density at radius 2 is 1.74 bits per heavy atom. The van der Waals surface area contributed by atoms with E-state index in [0.29, 0.717) is 23.7 Å². The van der Waals surface area contributed by atoms with Crippen LogP contribution in [0.5, 0.6) is 0 Å². The van der Waals surface area contributed by atoms with E-state index in [1.165, 1.54) is 12.1 Å². The van der Waals surface area contributed by atoms with Crippen LogP contribution in [0.3, 0.4) is 0 Å². The molecule has 1 amide bonds. The summed E-state index contributed by atoms with van der Waals surface area (Å²) in [5, 5.41) is 0.615. The zero-order valence-corrected chi connectivity index (χ0v) is 13.6. The Hall–Kier alpha value is -1.91. The smallest absolute Gasteiger partial charge is 0.253 e. The number of rotatable bonds is 2. The highest BCUT2D eigenvalue weighted by molar-refractivity contribution is 6.30. The summed E-state index contributed by atoms with van der Waals surface area (Å²) in [5.41, 5.74) is 1.65. The average molecular weight is 333 g/mol. The molecule has 1 fully saturated rings. The molecule has 0 saturated carbocycles. The van der Waals surface area contributed by atoms with Crippen molar-refractivity contribution in [1.82, 2.24) is 9.80 Å². The van der Waals surface area contributed by atoms with Gasteiger partial charge in [-0.05, 0) is 49.0 Å². The molecule has 3 rings (SSSR count). The second-order valence-electron chi connectivity index (χ2n) is 5.81. The molecule has 5 heteroatoms. The lowest BCUT2D eigenvalue weighted by Crippen LogP contribution is -2.49. The second kappa shape index (κ2) is 6.69. The van der Waals surface area contributed by atoms with E-state index in [2.05, 4.69) is 4.90 Å². The summed E-state index contributed by atoms with van der Waals surface area (Å²) in [6.07, 6.45) is 0. The van der Waals surface area contributed by atoms with Crippen LogP contribution in [0.2, 0.25) is 5.02 Å². The molecular weight excluding hydrogens is 315 g/mol. The number of carbonyl (C=O) groups excluding carboxylic acids is 1. The van der Waals surface area contributed by atoms with Crippen molar-refractivity contribution in [2.45, 2.75) is 6.04 Å². The lowest BCUT2D eigenvalue weighted by atomic mass is 10.0.